The summed E-state index contributed by atoms with van der Waals surface area (Å²) >= 11 is 4.04. The van der Waals surface area contributed by atoms with E-state index in [9.17, 15) is 29.4 Å². The van der Waals surface area contributed by atoms with Gasteiger partial charge in [0.05, 0.1) is 12.1 Å². The number of carboxylic acid groups (broad SMARTS) is 1. The number of hydrogen-bond acceptors (Lipinski definition) is 9. The Morgan fingerprint density at radius 3 is 1.84 bits per heavy atom. The second-order valence-electron chi connectivity index (χ2n) is 7.55. The quantitative estimate of drug-likeness (QED) is 0.0789. The summed E-state index contributed by atoms with van der Waals surface area (Å²) in [6, 6.07) is -4.58. The van der Waals surface area contributed by atoms with Crippen molar-refractivity contribution in [1.29, 1.82) is 0 Å². The second kappa shape index (κ2) is 16.7. The fraction of sp³-hybridized carbons (Fsp3) is 0.789. The van der Waals surface area contributed by atoms with Crippen LogP contribution in [0, 0.1) is 0 Å². The van der Waals surface area contributed by atoms with Crippen LogP contribution in [-0.2, 0) is 19.2 Å². The summed E-state index contributed by atoms with van der Waals surface area (Å²) in [4.78, 5) is 48.8. The van der Waals surface area contributed by atoms with Gasteiger partial charge in [0.15, 0.2) is 0 Å². The third-order valence-electron chi connectivity index (χ3n) is 4.75. The predicted molar refractivity (Wildman–Crippen MR) is 123 cm³/mol. The van der Waals surface area contributed by atoms with E-state index in [1.165, 1.54) is 6.92 Å². The molecule has 3 amide bonds. The first-order valence-electron chi connectivity index (χ1n) is 10.7. The van der Waals surface area contributed by atoms with E-state index in [1.54, 1.807) is 0 Å². The van der Waals surface area contributed by atoms with Crippen LogP contribution in [-0.4, -0.2) is 83.0 Å². The molecule has 0 radical (unpaired) electrons. The van der Waals surface area contributed by atoms with Crippen LogP contribution >= 0.6 is 12.6 Å². The molecule has 12 nitrogen and oxygen atoms in total. The number of unbranched alkanes of at least 4 members (excludes halogenated alkanes) is 2. The van der Waals surface area contributed by atoms with Crippen LogP contribution in [0.4, 0.5) is 0 Å². The molecule has 5 atom stereocenters. The molecule has 0 aromatic heterocycles. The van der Waals surface area contributed by atoms with Gasteiger partial charge in [0.25, 0.3) is 0 Å². The van der Waals surface area contributed by atoms with Crippen molar-refractivity contribution in [2.24, 2.45) is 17.2 Å². The molecular weight excluding hydrogens is 440 g/mol. The Bertz CT molecular complexity index is 609. The molecule has 0 aliphatic heterocycles. The molecule has 0 heterocycles. The normalized spacial score (nSPS) is 15.7. The molecular formula is C19H38N6O6S. The highest BCUT2D eigenvalue weighted by atomic mass is 32.1. The number of rotatable bonds is 17. The number of nitrogens with one attached hydrogen (secondary N) is 3. The van der Waals surface area contributed by atoms with Gasteiger partial charge in [0.2, 0.25) is 17.7 Å². The molecule has 0 aromatic rings. The Hall–Kier alpha value is -1.93. The topological polar surface area (TPSA) is 223 Å². The molecule has 11 N–H and O–H groups in total. The number of carbonyl (C=O) groups is 4. The Morgan fingerprint density at radius 2 is 1.38 bits per heavy atom. The number of aliphatic carboxylic acids is 1. The van der Waals surface area contributed by atoms with E-state index in [2.05, 4.69) is 28.6 Å². The Kier molecular flexibility index (Phi) is 15.7. The van der Waals surface area contributed by atoms with E-state index in [1.807, 2.05) is 0 Å². The van der Waals surface area contributed by atoms with Crippen LogP contribution in [0.5, 0.6) is 0 Å². The van der Waals surface area contributed by atoms with Crippen LogP contribution in [0.15, 0.2) is 0 Å². The average molecular weight is 479 g/mol. The zero-order chi connectivity index (χ0) is 24.7. The van der Waals surface area contributed by atoms with Gasteiger partial charge in [-0.25, -0.2) is 4.79 Å². The lowest BCUT2D eigenvalue weighted by molar-refractivity contribution is -0.142. The predicted octanol–water partition coefficient (Wildman–Crippen LogP) is -2.58. The standard InChI is InChI=1S/C19H38N6O6S/c1-11(26)15(25-16(27)12(22)6-2-4-8-20)18(29)24-14(10-32)17(28)23-13(19(30)31)7-3-5-9-21/h11-15,26,32H,2-10,20-22H2,1H3,(H,23,28)(H,24,29)(H,25,27)(H,30,31). The van der Waals surface area contributed by atoms with Gasteiger partial charge < -0.3 is 43.4 Å². The molecule has 32 heavy (non-hydrogen) atoms. The first-order chi connectivity index (χ1) is 15.1. The number of aliphatic hydroxyl groups is 1. The molecule has 0 aliphatic carbocycles. The van der Waals surface area contributed by atoms with Crippen molar-refractivity contribution < 1.29 is 29.4 Å². The smallest absolute Gasteiger partial charge is 0.326 e. The third kappa shape index (κ3) is 11.6. The SMILES string of the molecule is CC(O)C(NC(=O)C(N)CCCCN)C(=O)NC(CS)C(=O)NC(CCCCN)C(=O)O. The summed E-state index contributed by atoms with van der Waals surface area (Å²) in [7, 11) is 0. The van der Waals surface area contributed by atoms with E-state index in [4.69, 9.17) is 17.2 Å². The molecule has 5 unspecified atom stereocenters. The fourth-order valence-corrected chi connectivity index (χ4v) is 3.04. The molecule has 0 saturated heterocycles. The molecule has 0 aliphatic rings. The van der Waals surface area contributed by atoms with Gasteiger partial charge in [-0.3, -0.25) is 14.4 Å². The van der Waals surface area contributed by atoms with Crippen LogP contribution in [0.3, 0.4) is 0 Å². The number of hydrogen-bond donors (Lipinski definition) is 9. The molecule has 0 rings (SSSR count). The fourth-order valence-electron chi connectivity index (χ4n) is 2.78. The van der Waals surface area contributed by atoms with Crippen molar-refractivity contribution in [1.82, 2.24) is 16.0 Å². The summed E-state index contributed by atoms with van der Waals surface area (Å²) in [5.41, 5.74) is 16.6. The molecule has 186 valence electrons. The first-order valence-corrected chi connectivity index (χ1v) is 11.3. The van der Waals surface area contributed by atoms with Crippen molar-refractivity contribution in [3.8, 4) is 0 Å². The number of amides is 3. The summed E-state index contributed by atoms with van der Waals surface area (Å²) < 4.78 is 0. The van der Waals surface area contributed by atoms with E-state index in [-0.39, 0.29) is 12.2 Å². The Morgan fingerprint density at radius 1 is 0.844 bits per heavy atom. The molecule has 0 bridgehead atoms. The molecule has 0 spiro atoms. The number of aliphatic hydroxyl groups excluding tert-OH is 1. The van der Waals surface area contributed by atoms with E-state index < -0.39 is 54.0 Å². The van der Waals surface area contributed by atoms with Crippen LogP contribution < -0.4 is 33.2 Å². The third-order valence-corrected chi connectivity index (χ3v) is 5.11. The Balaban J connectivity index is 5.03. The maximum absolute atomic E-state index is 12.6. The summed E-state index contributed by atoms with van der Waals surface area (Å²) in [5.74, 6) is -3.54. The van der Waals surface area contributed by atoms with Crippen molar-refractivity contribution in [3.63, 3.8) is 0 Å². The van der Waals surface area contributed by atoms with E-state index in [0.717, 1.165) is 0 Å². The highest BCUT2D eigenvalue weighted by Crippen LogP contribution is 2.04. The van der Waals surface area contributed by atoms with Crippen molar-refractivity contribution in [3.05, 3.63) is 0 Å². The van der Waals surface area contributed by atoms with Crippen molar-refractivity contribution in [2.75, 3.05) is 18.8 Å². The zero-order valence-corrected chi connectivity index (χ0v) is 19.4. The monoisotopic (exact) mass is 478 g/mol. The summed E-state index contributed by atoms with van der Waals surface area (Å²) in [6.07, 6.45) is 1.71. The van der Waals surface area contributed by atoms with Gasteiger partial charge >= 0.3 is 5.97 Å². The highest BCUT2D eigenvalue weighted by Gasteiger charge is 2.31. The highest BCUT2D eigenvalue weighted by molar-refractivity contribution is 7.80. The molecule has 13 heteroatoms. The van der Waals surface area contributed by atoms with Gasteiger partial charge in [0, 0.05) is 5.75 Å². The average Bonchev–Trinajstić information content (AvgIpc) is 2.74. The first kappa shape index (κ1) is 30.1. The van der Waals surface area contributed by atoms with E-state index in [0.29, 0.717) is 45.2 Å². The number of carboxylic acids is 1. The van der Waals surface area contributed by atoms with Crippen LogP contribution in [0.25, 0.3) is 0 Å². The number of carbonyl (C=O) groups excluding carboxylic acids is 3. The molecule has 0 aromatic carbocycles. The lowest BCUT2D eigenvalue weighted by Gasteiger charge is -2.26. The number of thiol groups is 1. The van der Waals surface area contributed by atoms with Crippen molar-refractivity contribution in [2.45, 2.75) is 75.7 Å². The van der Waals surface area contributed by atoms with Crippen LogP contribution in [0.1, 0.15) is 45.4 Å². The van der Waals surface area contributed by atoms with Gasteiger partial charge in [-0.05, 0) is 52.1 Å². The van der Waals surface area contributed by atoms with Gasteiger partial charge in [-0.15, -0.1) is 0 Å². The molecule has 0 saturated carbocycles. The van der Waals surface area contributed by atoms with Gasteiger partial charge in [-0.2, -0.15) is 12.6 Å². The second-order valence-corrected chi connectivity index (χ2v) is 7.91. The van der Waals surface area contributed by atoms with Gasteiger partial charge in [-0.1, -0.05) is 6.42 Å². The zero-order valence-electron chi connectivity index (χ0n) is 18.5. The summed E-state index contributed by atoms with van der Waals surface area (Å²) in [5, 5.41) is 26.4. The largest absolute Gasteiger partial charge is 0.480 e. The van der Waals surface area contributed by atoms with Crippen molar-refractivity contribution >= 4 is 36.3 Å². The van der Waals surface area contributed by atoms with E-state index >= 15 is 0 Å². The maximum Gasteiger partial charge on any atom is 0.326 e. The number of nitrogens with two attached hydrogens (primary N) is 3. The maximum atomic E-state index is 12.6. The lowest BCUT2D eigenvalue weighted by atomic mass is 10.1. The minimum atomic E-state index is -1.36. The van der Waals surface area contributed by atoms with Gasteiger partial charge in [0.1, 0.15) is 18.1 Å². The lowest BCUT2D eigenvalue weighted by Crippen LogP contribution is -2.60. The van der Waals surface area contributed by atoms with Crippen LogP contribution in [0.2, 0.25) is 0 Å². The molecule has 0 fully saturated rings. The minimum absolute atomic E-state index is 0.133. The Labute approximate surface area is 193 Å². The summed E-state index contributed by atoms with van der Waals surface area (Å²) in [6.45, 7) is 2.17. The minimum Gasteiger partial charge on any atom is -0.480 e.